The Bertz CT molecular complexity index is 140. The minimum absolute atomic E-state index is 0.192. The van der Waals surface area contributed by atoms with Gasteiger partial charge in [0.15, 0.2) is 0 Å². The molecule has 1 atom stereocenters. The van der Waals surface area contributed by atoms with E-state index in [0.717, 1.165) is 18.6 Å². The van der Waals surface area contributed by atoms with Gasteiger partial charge in [0.2, 0.25) is 0 Å². The third-order valence-corrected chi connectivity index (χ3v) is 2.43. The highest BCUT2D eigenvalue weighted by Crippen LogP contribution is 2.38. The van der Waals surface area contributed by atoms with Gasteiger partial charge in [-0.3, -0.25) is 0 Å². The Kier molecular flexibility index (Phi) is 2.66. The topological polar surface area (TPSA) is 26.3 Å². The summed E-state index contributed by atoms with van der Waals surface area (Å²) in [7, 11) is 1.69. The molecule has 1 aliphatic rings. The molecule has 1 fully saturated rings. The zero-order valence-electron chi connectivity index (χ0n) is 7.30. The molecule has 1 rings (SSSR count). The molecule has 0 aromatic carbocycles. The van der Waals surface area contributed by atoms with Gasteiger partial charge in [-0.05, 0) is 19.3 Å². The first-order chi connectivity index (χ1) is 5.20. The molecule has 64 valence electrons. The molecule has 1 saturated carbocycles. The van der Waals surface area contributed by atoms with Gasteiger partial charge in [-0.15, -0.1) is 0 Å². The molecular formula is C9H16O2. The number of carbonyl (C=O) groups is 1. The molecule has 0 aromatic heterocycles. The van der Waals surface area contributed by atoms with Crippen molar-refractivity contribution in [1.29, 1.82) is 0 Å². The van der Waals surface area contributed by atoms with Gasteiger partial charge >= 0.3 is 0 Å². The van der Waals surface area contributed by atoms with Gasteiger partial charge in [0.1, 0.15) is 6.29 Å². The fraction of sp³-hybridized carbons (Fsp3) is 0.889. The lowest BCUT2D eigenvalue weighted by Gasteiger charge is -2.25. The minimum atomic E-state index is -0.192. The Morgan fingerprint density at radius 3 is 2.64 bits per heavy atom. The average molecular weight is 156 g/mol. The van der Waals surface area contributed by atoms with Crippen molar-refractivity contribution < 1.29 is 9.53 Å². The number of hydrogen-bond acceptors (Lipinski definition) is 2. The van der Waals surface area contributed by atoms with Gasteiger partial charge in [0, 0.05) is 13.5 Å². The lowest BCUT2D eigenvalue weighted by Crippen LogP contribution is -2.28. The lowest BCUT2D eigenvalue weighted by atomic mass is 9.96. The Balaban J connectivity index is 2.35. The second-order valence-corrected chi connectivity index (χ2v) is 3.67. The van der Waals surface area contributed by atoms with Crippen LogP contribution in [-0.4, -0.2) is 19.0 Å². The normalized spacial score (nSPS) is 22.7. The number of ether oxygens (including phenoxy) is 1. The summed E-state index contributed by atoms with van der Waals surface area (Å²) in [4.78, 5) is 10.3. The quantitative estimate of drug-likeness (QED) is 0.567. The Morgan fingerprint density at radius 1 is 1.64 bits per heavy atom. The van der Waals surface area contributed by atoms with Gasteiger partial charge < -0.3 is 9.53 Å². The van der Waals surface area contributed by atoms with E-state index in [9.17, 15) is 4.79 Å². The van der Waals surface area contributed by atoms with E-state index in [1.807, 2.05) is 6.92 Å². The van der Waals surface area contributed by atoms with E-state index >= 15 is 0 Å². The highest BCUT2D eigenvalue weighted by atomic mass is 16.5. The van der Waals surface area contributed by atoms with Crippen LogP contribution in [-0.2, 0) is 9.53 Å². The van der Waals surface area contributed by atoms with E-state index in [0.29, 0.717) is 6.42 Å². The predicted octanol–water partition coefficient (Wildman–Crippen LogP) is 1.78. The van der Waals surface area contributed by atoms with Gasteiger partial charge in [-0.1, -0.05) is 12.8 Å². The van der Waals surface area contributed by atoms with Crippen LogP contribution in [0.4, 0.5) is 0 Å². The van der Waals surface area contributed by atoms with Crippen LogP contribution < -0.4 is 0 Å². The van der Waals surface area contributed by atoms with Crippen LogP contribution in [0.3, 0.4) is 0 Å². The molecule has 0 saturated heterocycles. The highest BCUT2D eigenvalue weighted by Gasteiger charge is 2.32. The van der Waals surface area contributed by atoms with Crippen molar-refractivity contribution in [1.82, 2.24) is 0 Å². The third kappa shape index (κ3) is 2.62. The SMILES string of the molecule is COC(C)(CC=O)CC1CC1. The maximum atomic E-state index is 10.3. The number of hydrogen-bond donors (Lipinski definition) is 0. The van der Waals surface area contributed by atoms with Crippen LogP contribution >= 0.6 is 0 Å². The van der Waals surface area contributed by atoms with E-state index in [-0.39, 0.29) is 5.60 Å². The summed E-state index contributed by atoms with van der Waals surface area (Å²) in [6.07, 6.45) is 5.16. The number of methoxy groups -OCH3 is 1. The molecular weight excluding hydrogens is 140 g/mol. The van der Waals surface area contributed by atoms with Crippen molar-refractivity contribution >= 4 is 6.29 Å². The number of aldehydes is 1. The highest BCUT2D eigenvalue weighted by molar-refractivity contribution is 5.51. The van der Waals surface area contributed by atoms with Crippen molar-refractivity contribution in [3.8, 4) is 0 Å². The molecule has 2 nitrogen and oxygen atoms in total. The average Bonchev–Trinajstić information content (AvgIpc) is 2.73. The summed E-state index contributed by atoms with van der Waals surface area (Å²) in [6.45, 7) is 2.01. The van der Waals surface area contributed by atoms with E-state index in [2.05, 4.69) is 0 Å². The summed E-state index contributed by atoms with van der Waals surface area (Å²) >= 11 is 0. The van der Waals surface area contributed by atoms with Crippen LogP contribution in [0.2, 0.25) is 0 Å². The van der Waals surface area contributed by atoms with E-state index in [1.165, 1.54) is 12.8 Å². The molecule has 1 aliphatic carbocycles. The van der Waals surface area contributed by atoms with Gasteiger partial charge in [0.05, 0.1) is 5.60 Å². The minimum Gasteiger partial charge on any atom is -0.378 e. The molecule has 1 unspecified atom stereocenters. The first kappa shape index (κ1) is 8.72. The molecule has 0 bridgehead atoms. The first-order valence-corrected chi connectivity index (χ1v) is 4.19. The lowest BCUT2D eigenvalue weighted by molar-refractivity contribution is -0.113. The smallest absolute Gasteiger partial charge is 0.122 e. The molecule has 0 aliphatic heterocycles. The maximum absolute atomic E-state index is 10.3. The Labute approximate surface area is 67.9 Å². The Morgan fingerprint density at radius 2 is 2.27 bits per heavy atom. The molecule has 0 aromatic rings. The monoisotopic (exact) mass is 156 g/mol. The fourth-order valence-corrected chi connectivity index (χ4v) is 1.36. The Hall–Kier alpha value is -0.370. The van der Waals surface area contributed by atoms with Crippen molar-refractivity contribution in [2.24, 2.45) is 5.92 Å². The summed E-state index contributed by atoms with van der Waals surface area (Å²) in [5.74, 6) is 0.819. The van der Waals surface area contributed by atoms with E-state index in [4.69, 9.17) is 4.74 Å². The summed E-state index contributed by atoms with van der Waals surface area (Å²) in [6, 6.07) is 0. The molecule has 0 spiro atoms. The van der Waals surface area contributed by atoms with Crippen LogP contribution in [0.1, 0.15) is 32.6 Å². The summed E-state index contributed by atoms with van der Waals surface area (Å²) < 4.78 is 5.30. The fourth-order valence-electron chi connectivity index (χ4n) is 1.36. The number of carbonyl (C=O) groups excluding carboxylic acids is 1. The second kappa shape index (κ2) is 3.35. The first-order valence-electron chi connectivity index (χ1n) is 4.19. The second-order valence-electron chi connectivity index (χ2n) is 3.67. The van der Waals surface area contributed by atoms with E-state index < -0.39 is 0 Å². The third-order valence-electron chi connectivity index (χ3n) is 2.43. The van der Waals surface area contributed by atoms with Crippen molar-refractivity contribution in [2.75, 3.05) is 7.11 Å². The summed E-state index contributed by atoms with van der Waals surface area (Å²) in [5.41, 5.74) is -0.192. The largest absolute Gasteiger partial charge is 0.378 e. The zero-order valence-corrected chi connectivity index (χ0v) is 7.30. The van der Waals surface area contributed by atoms with Crippen LogP contribution in [0.25, 0.3) is 0 Å². The molecule has 0 amide bonds. The standard InChI is InChI=1S/C9H16O2/c1-9(11-2,5-6-10)7-8-3-4-8/h6,8H,3-5,7H2,1-2H3. The van der Waals surface area contributed by atoms with Crippen LogP contribution in [0, 0.1) is 5.92 Å². The van der Waals surface area contributed by atoms with Crippen LogP contribution in [0.15, 0.2) is 0 Å². The molecule has 0 radical (unpaired) electrons. The van der Waals surface area contributed by atoms with Crippen molar-refractivity contribution in [3.05, 3.63) is 0 Å². The maximum Gasteiger partial charge on any atom is 0.122 e. The van der Waals surface area contributed by atoms with Gasteiger partial charge in [-0.25, -0.2) is 0 Å². The number of rotatable bonds is 5. The van der Waals surface area contributed by atoms with Crippen molar-refractivity contribution in [3.63, 3.8) is 0 Å². The molecule has 0 heterocycles. The van der Waals surface area contributed by atoms with Gasteiger partial charge in [-0.2, -0.15) is 0 Å². The summed E-state index contributed by atoms with van der Waals surface area (Å²) in [5, 5.41) is 0. The molecule has 11 heavy (non-hydrogen) atoms. The molecule has 0 N–H and O–H groups in total. The van der Waals surface area contributed by atoms with Crippen LogP contribution in [0.5, 0.6) is 0 Å². The predicted molar refractivity (Wildman–Crippen MR) is 43.4 cm³/mol. The zero-order chi connectivity index (χ0) is 8.32. The van der Waals surface area contributed by atoms with Gasteiger partial charge in [0.25, 0.3) is 0 Å². The van der Waals surface area contributed by atoms with Crippen molar-refractivity contribution in [2.45, 2.75) is 38.2 Å². The van der Waals surface area contributed by atoms with E-state index in [1.54, 1.807) is 7.11 Å². The molecule has 2 heteroatoms.